The predicted molar refractivity (Wildman–Crippen MR) is 122 cm³/mol. The number of anilines is 2. The van der Waals surface area contributed by atoms with Gasteiger partial charge in [-0.25, -0.2) is 4.98 Å². The van der Waals surface area contributed by atoms with Gasteiger partial charge in [0.05, 0.1) is 17.9 Å². The van der Waals surface area contributed by atoms with Crippen molar-refractivity contribution < 1.29 is 4.79 Å². The molecule has 0 aliphatic rings. The van der Waals surface area contributed by atoms with Crippen LogP contribution in [0.25, 0.3) is 0 Å². The maximum Gasteiger partial charge on any atom is 0.230 e. The number of hydrogen-bond acceptors (Lipinski definition) is 4. The molecule has 0 aliphatic carbocycles. The Hall–Kier alpha value is -2.25. The molecule has 0 bridgehead atoms. The minimum Gasteiger partial charge on any atom is -0.357 e. The number of hydrogen-bond donors (Lipinski definition) is 1. The van der Waals surface area contributed by atoms with E-state index < -0.39 is 0 Å². The molecule has 5 nitrogen and oxygen atoms in total. The second-order valence-corrected chi connectivity index (χ2v) is 7.81. The molecule has 0 saturated carbocycles. The number of aryl methyl sites for hydroxylation is 1. The quantitative estimate of drug-likeness (QED) is 0.501. The Morgan fingerprint density at radius 2 is 2.00 bits per heavy atom. The second kappa shape index (κ2) is 10.3. The van der Waals surface area contributed by atoms with Crippen molar-refractivity contribution in [3.8, 4) is 0 Å². The first-order chi connectivity index (χ1) is 13.4. The maximum atomic E-state index is 12.4. The zero-order valence-electron chi connectivity index (χ0n) is 17.0. The average molecular weight is 417 g/mol. The van der Waals surface area contributed by atoms with Crippen molar-refractivity contribution in [1.82, 2.24) is 15.2 Å². The summed E-state index contributed by atoms with van der Waals surface area (Å²) < 4.78 is 0. The Bertz CT molecular complexity index is 846. The Morgan fingerprint density at radius 1 is 1.29 bits per heavy atom. The van der Waals surface area contributed by atoms with Gasteiger partial charge in [-0.1, -0.05) is 37.3 Å². The fraction of sp³-hybridized carbons (Fsp3) is 0.381. The number of benzene rings is 1. The third-order valence-electron chi connectivity index (χ3n) is 4.21. The van der Waals surface area contributed by atoms with Crippen LogP contribution in [0.2, 0.25) is 0 Å². The molecule has 0 saturated heterocycles. The summed E-state index contributed by atoms with van der Waals surface area (Å²) in [6.07, 6.45) is 0.851. The molecule has 0 unspecified atom stereocenters. The standard InChI is InChI=1S/C21H28N4OS2/c1-6-17-10-8-9-11-19(17)25(16(5)26)21-23-18(14-28-21)12-22-20(27)24(7-2)13-15(3)4/h8-11,14H,3,6-7,12-13H2,1-2,4-5H3,(H,22,27). The van der Waals surface area contributed by atoms with Gasteiger partial charge in [-0.3, -0.25) is 9.69 Å². The number of thiazole rings is 1. The van der Waals surface area contributed by atoms with Crippen LogP contribution in [0.5, 0.6) is 0 Å². The minimum atomic E-state index is -0.0519. The lowest BCUT2D eigenvalue weighted by Crippen LogP contribution is -2.40. The summed E-state index contributed by atoms with van der Waals surface area (Å²) >= 11 is 6.95. The molecule has 0 fully saturated rings. The molecular formula is C21H28N4OS2. The van der Waals surface area contributed by atoms with E-state index in [1.54, 1.807) is 11.8 Å². The third-order valence-corrected chi connectivity index (χ3v) is 5.49. The molecule has 0 spiro atoms. The summed E-state index contributed by atoms with van der Waals surface area (Å²) in [4.78, 5) is 20.8. The van der Waals surface area contributed by atoms with Crippen LogP contribution in [0.3, 0.4) is 0 Å². The number of nitrogens with one attached hydrogen (secondary N) is 1. The predicted octanol–water partition coefficient (Wildman–Crippen LogP) is 4.66. The highest BCUT2D eigenvalue weighted by molar-refractivity contribution is 7.80. The van der Waals surface area contributed by atoms with Gasteiger partial charge in [0.25, 0.3) is 0 Å². The van der Waals surface area contributed by atoms with Crippen LogP contribution < -0.4 is 10.2 Å². The van der Waals surface area contributed by atoms with Gasteiger partial charge in [0.15, 0.2) is 10.2 Å². The Kier molecular flexibility index (Phi) is 8.14. The summed E-state index contributed by atoms with van der Waals surface area (Å²) in [5.41, 5.74) is 3.93. The van der Waals surface area contributed by atoms with E-state index in [1.165, 1.54) is 11.3 Å². The summed E-state index contributed by atoms with van der Waals surface area (Å²) in [5, 5.41) is 6.57. The van der Waals surface area contributed by atoms with Crippen molar-refractivity contribution >= 4 is 45.4 Å². The highest BCUT2D eigenvalue weighted by Gasteiger charge is 2.20. The molecule has 1 heterocycles. The SMILES string of the molecule is C=C(C)CN(CC)C(=S)NCc1csc(N(C(C)=O)c2ccccc2CC)n1. The topological polar surface area (TPSA) is 48.5 Å². The molecule has 150 valence electrons. The van der Waals surface area contributed by atoms with Gasteiger partial charge in [-0.15, -0.1) is 11.3 Å². The number of carbonyl (C=O) groups excluding carboxylic acids is 1. The fourth-order valence-corrected chi connectivity index (χ4v) is 3.99. The van der Waals surface area contributed by atoms with Gasteiger partial charge in [0.1, 0.15) is 0 Å². The molecule has 1 aromatic heterocycles. The van der Waals surface area contributed by atoms with Crippen molar-refractivity contribution in [1.29, 1.82) is 0 Å². The zero-order valence-corrected chi connectivity index (χ0v) is 18.6. The first-order valence-electron chi connectivity index (χ1n) is 9.37. The molecular weight excluding hydrogens is 388 g/mol. The van der Waals surface area contributed by atoms with E-state index in [0.29, 0.717) is 16.8 Å². The number of thiocarbonyl (C=S) groups is 1. The molecule has 0 radical (unpaired) electrons. The lowest BCUT2D eigenvalue weighted by molar-refractivity contribution is -0.115. The molecule has 1 aromatic carbocycles. The molecule has 28 heavy (non-hydrogen) atoms. The Labute approximate surface area is 177 Å². The number of para-hydroxylation sites is 1. The van der Waals surface area contributed by atoms with E-state index in [1.807, 2.05) is 36.6 Å². The number of likely N-dealkylation sites (N-methyl/N-ethyl adjacent to an activating group) is 1. The van der Waals surface area contributed by atoms with Gasteiger partial charge in [-0.05, 0) is 44.1 Å². The minimum absolute atomic E-state index is 0.0519. The fourth-order valence-electron chi connectivity index (χ4n) is 2.85. The van der Waals surface area contributed by atoms with Crippen molar-refractivity contribution in [2.45, 2.75) is 40.7 Å². The van der Waals surface area contributed by atoms with Crippen molar-refractivity contribution in [2.24, 2.45) is 0 Å². The van der Waals surface area contributed by atoms with Crippen LogP contribution in [0.15, 0.2) is 41.8 Å². The molecule has 2 aromatic rings. The maximum absolute atomic E-state index is 12.4. The van der Waals surface area contributed by atoms with Gasteiger partial charge in [-0.2, -0.15) is 0 Å². The Balaban J connectivity index is 2.14. The monoisotopic (exact) mass is 416 g/mol. The lowest BCUT2D eigenvalue weighted by Gasteiger charge is -2.24. The van der Waals surface area contributed by atoms with Crippen LogP contribution in [-0.2, 0) is 17.8 Å². The van der Waals surface area contributed by atoms with Crippen molar-refractivity contribution in [3.63, 3.8) is 0 Å². The molecule has 1 N–H and O–H groups in total. The van der Waals surface area contributed by atoms with Crippen LogP contribution in [0.1, 0.15) is 39.0 Å². The molecule has 1 amide bonds. The smallest absolute Gasteiger partial charge is 0.230 e. The molecule has 7 heteroatoms. The first-order valence-corrected chi connectivity index (χ1v) is 10.7. The lowest BCUT2D eigenvalue weighted by atomic mass is 10.1. The van der Waals surface area contributed by atoms with E-state index in [4.69, 9.17) is 12.2 Å². The summed E-state index contributed by atoms with van der Waals surface area (Å²) in [6.45, 7) is 13.7. The largest absolute Gasteiger partial charge is 0.357 e. The highest BCUT2D eigenvalue weighted by Crippen LogP contribution is 2.31. The van der Waals surface area contributed by atoms with Gasteiger partial charge in [0, 0.05) is 25.4 Å². The zero-order chi connectivity index (χ0) is 20.7. The summed E-state index contributed by atoms with van der Waals surface area (Å²) in [7, 11) is 0. The third kappa shape index (κ3) is 5.62. The normalized spacial score (nSPS) is 10.4. The van der Waals surface area contributed by atoms with E-state index >= 15 is 0 Å². The average Bonchev–Trinajstić information content (AvgIpc) is 3.12. The van der Waals surface area contributed by atoms with Crippen LogP contribution >= 0.6 is 23.6 Å². The van der Waals surface area contributed by atoms with Crippen LogP contribution in [0, 0.1) is 0 Å². The van der Waals surface area contributed by atoms with E-state index in [0.717, 1.165) is 42.0 Å². The number of amides is 1. The van der Waals surface area contributed by atoms with Crippen LogP contribution in [-0.4, -0.2) is 34.0 Å². The van der Waals surface area contributed by atoms with E-state index in [-0.39, 0.29) is 5.91 Å². The van der Waals surface area contributed by atoms with E-state index in [2.05, 4.69) is 35.6 Å². The van der Waals surface area contributed by atoms with Crippen LogP contribution in [0.4, 0.5) is 10.8 Å². The summed E-state index contributed by atoms with van der Waals surface area (Å²) in [6, 6.07) is 7.94. The highest BCUT2D eigenvalue weighted by atomic mass is 32.1. The molecule has 0 atom stereocenters. The second-order valence-electron chi connectivity index (χ2n) is 6.59. The first kappa shape index (κ1) is 22.0. The Morgan fingerprint density at radius 3 is 2.61 bits per heavy atom. The number of nitrogens with zero attached hydrogens (tertiary/aromatic N) is 3. The van der Waals surface area contributed by atoms with Crippen molar-refractivity contribution in [3.05, 3.63) is 53.1 Å². The van der Waals surface area contributed by atoms with Gasteiger partial charge < -0.3 is 10.2 Å². The van der Waals surface area contributed by atoms with E-state index in [9.17, 15) is 4.79 Å². The number of rotatable bonds is 8. The van der Waals surface area contributed by atoms with Gasteiger partial charge >= 0.3 is 0 Å². The molecule has 0 aliphatic heterocycles. The number of carbonyl (C=O) groups is 1. The van der Waals surface area contributed by atoms with Crippen molar-refractivity contribution in [2.75, 3.05) is 18.0 Å². The van der Waals surface area contributed by atoms with Gasteiger partial charge in [0.2, 0.25) is 5.91 Å². The molecule has 2 rings (SSSR count). The summed E-state index contributed by atoms with van der Waals surface area (Å²) in [5.74, 6) is -0.0519. The number of aromatic nitrogens is 1.